The largest absolute Gasteiger partial charge is 0.379 e. The Bertz CT molecular complexity index is 361. The van der Waals surface area contributed by atoms with Gasteiger partial charge in [0.25, 0.3) is 0 Å². The molecular weight excluding hydrogens is 224 g/mol. The minimum Gasteiger partial charge on any atom is -0.379 e. The SMILES string of the molecule is Cc1ccccc1N(CCCN)C1CCCOC1. The average molecular weight is 248 g/mol. The quantitative estimate of drug-likeness (QED) is 0.869. The van der Waals surface area contributed by atoms with Crippen LogP contribution < -0.4 is 10.6 Å². The van der Waals surface area contributed by atoms with Crippen molar-refractivity contribution in [3.63, 3.8) is 0 Å². The molecule has 1 aromatic rings. The molecule has 1 aliphatic heterocycles. The van der Waals surface area contributed by atoms with Gasteiger partial charge in [0, 0.05) is 18.8 Å². The van der Waals surface area contributed by atoms with Crippen LogP contribution in [-0.4, -0.2) is 32.3 Å². The van der Waals surface area contributed by atoms with Crippen molar-refractivity contribution in [2.45, 2.75) is 32.2 Å². The lowest BCUT2D eigenvalue weighted by molar-refractivity contribution is 0.0791. The first-order valence-corrected chi connectivity index (χ1v) is 6.93. The summed E-state index contributed by atoms with van der Waals surface area (Å²) in [5, 5.41) is 0. The predicted molar refractivity (Wildman–Crippen MR) is 76.0 cm³/mol. The summed E-state index contributed by atoms with van der Waals surface area (Å²) in [7, 11) is 0. The van der Waals surface area contributed by atoms with Crippen LogP contribution in [0.1, 0.15) is 24.8 Å². The molecular formula is C15H24N2O. The summed E-state index contributed by atoms with van der Waals surface area (Å²) in [5.41, 5.74) is 8.33. The fourth-order valence-corrected chi connectivity index (χ4v) is 2.62. The first-order valence-electron chi connectivity index (χ1n) is 6.93. The molecule has 0 spiro atoms. The van der Waals surface area contributed by atoms with Gasteiger partial charge in [0.1, 0.15) is 0 Å². The third-order valence-electron chi connectivity index (χ3n) is 3.61. The number of benzene rings is 1. The van der Waals surface area contributed by atoms with Gasteiger partial charge < -0.3 is 15.4 Å². The highest BCUT2D eigenvalue weighted by molar-refractivity contribution is 5.53. The lowest BCUT2D eigenvalue weighted by Crippen LogP contribution is -2.42. The summed E-state index contributed by atoms with van der Waals surface area (Å²) in [6.45, 7) is 5.70. The summed E-state index contributed by atoms with van der Waals surface area (Å²) in [6.07, 6.45) is 3.42. The smallest absolute Gasteiger partial charge is 0.0669 e. The predicted octanol–water partition coefficient (Wildman–Crippen LogP) is 2.33. The van der Waals surface area contributed by atoms with Crippen molar-refractivity contribution in [1.82, 2.24) is 0 Å². The van der Waals surface area contributed by atoms with Gasteiger partial charge in [0.2, 0.25) is 0 Å². The zero-order valence-electron chi connectivity index (χ0n) is 11.3. The minimum atomic E-state index is 0.506. The number of aryl methyl sites for hydroxylation is 1. The van der Waals surface area contributed by atoms with E-state index < -0.39 is 0 Å². The molecule has 1 atom stereocenters. The van der Waals surface area contributed by atoms with E-state index in [-0.39, 0.29) is 0 Å². The second-order valence-corrected chi connectivity index (χ2v) is 4.99. The van der Waals surface area contributed by atoms with Crippen molar-refractivity contribution in [1.29, 1.82) is 0 Å². The van der Waals surface area contributed by atoms with Crippen molar-refractivity contribution in [3.05, 3.63) is 29.8 Å². The van der Waals surface area contributed by atoms with Gasteiger partial charge in [-0.25, -0.2) is 0 Å². The standard InChI is InChI=1S/C15H24N2O/c1-13-6-2-3-8-15(13)17(10-5-9-16)14-7-4-11-18-12-14/h2-3,6,8,14H,4-5,7,9-12,16H2,1H3. The Morgan fingerprint density at radius 2 is 2.22 bits per heavy atom. The molecule has 1 aliphatic rings. The highest BCUT2D eigenvalue weighted by atomic mass is 16.5. The molecule has 1 fully saturated rings. The molecule has 0 radical (unpaired) electrons. The van der Waals surface area contributed by atoms with E-state index in [9.17, 15) is 0 Å². The summed E-state index contributed by atoms with van der Waals surface area (Å²) < 4.78 is 5.63. The lowest BCUT2D eigenvalue weighted by atomic mass is 10.1. The van der Waals surface area contributed by atoms with Crippen LogP contribution in [0.25, 0.3) is 0 Å². The molecule has 0 bridgehead atoms. The van der Waals surface area contributed by atoms with Crippen molar-refractivity contribution in [3.8, 4) is 0 Å². The fourth-order valence-electron chi connectivity index (χ4n) is 2.62. The maximum Gasteiger partial charge on any atom is 0.0669 e. The highest BCUT2D eigenvalue weighted by Gasteiger charge is 2.22. The number of nitrogens with two attached hydrogens (primary N) is 1. The Morgan fingerprint density at radius 1 is 1.39 bits per heavy atom. The third kappa shape index (κ3) is 3.24. The molecule has 3 heteroatoms. The number of anilines is 1. The summed E-state index contributed by atoms with van der Waals surface area (Å²) in [4.78, 5) is 2.49. The Kier molecular flexibility index (Phi) is 5.02. The van der Waals surface area contributed by atoms with Gasteiger partial charge in [-0.3, -0.25) is 0 Å². The van der Waals surface area contributed by atoms with Gasteiger partial charge in [0.15, 0.2) is 0 Å². The van der Waals surface area contributed by atoms with Crippen LogP contribution in [-0.2, 0) is 4.74 Å². The van der Waals surface area contributed by atoms with Crippen LogP contribution in [0, 0.1) is 6.92 Å². The molecule has 3 nitrogen and oxygen atoms in total. The molecule has 1 saturated heterocycles. The maximum absolute atomic E-state index is 5.66. The summed E-state index contributed by atoms with van der Waals surface area (Å²) in [6, 6.07) is 9.10. The summed E-state index contributed by atoms with van der Waals surface area (Å²) in [5.74, 6) is 0. The van der Waals surface area contributed by atoms with E-state index >= 15 is 0 Å². The zero-order chi connectivity index (χ0) is 12.8. The highest BCUT2D eigenvalue weighted by Crippen LogP contribution is 2.25. The van der Waals surface area contributed by atoms with Crippen LogP contribution >= 0.6 is 0 Å². The Hall–Kier alpha value is -1.06. The first kappa shape index (κ1) is 13.4. The maximum atomic E-state index is 5.66. The fraction of sp³-hybridized carbons (Fsp3) is 0.600. The second kappa shape index (κ2) is 6.76. The topological polar surface area (TPSA) is 38.5 Å². The molecule has 2 N–H and O–H groups in total. The van der Waals surface area contributed by atoms with E-state index in [1.807, 2.05) is 0 Å². The van der Waals surface area contributed by atoms with Crippen LogP contribution in [0.15, 0.2) is 24.3 Å². The van der Waals surface area contributed by atoms with Gasteiger partial charge in [-0.2, -0.15) is 0 Å². The van der Waals surface area contributed by atoms with Gasteiger partial charge in [0.05, 0.1) is 12.6 Å². The van der Waals surface area contributed by atoms with E-state index in [0.717, 1.165) is 39.1 Å². The number of ether oxygens (including phenoxy) is 1. The van der Waals surface area contributed by atoms with E-state index in [4.69, 9.17) is 10.5 Å². The number of hydrogen-bond acceptors (Lipinski definition) is 3. The van der Waals surface area contributed by atoms with Gasteiger partial charge in [-0.05, 0) is 44.4 Å². The Labute approximate surface area is 110 Å². The van der Waals surface area contributed by atoms with E-state index in [1.54, 1.807) is 0 Å². The van der Waals surface area contributed by atoms with E-state index in [1.165, 1.54) is 17.7 Å². The van der Waals surface area contributed by atoms with Crippen LogP contribution in [0.4, 0.5) is 5.69 Å². The molecule has 0 aromatic heterocycles. The number of nitrogens with zero attached hydrogens (tertiary/aromatic N) is 1. The third-order valence-corrected chi connectivity index (χ3v) is 3.61. The van der Waals surface area contributed by atoms with Gasteiger partial charge in [-0.1, -0.05) is 18.2 Å². The Morgan fingerprint density at radius 3 is 2.89 bits per heavy atom. The van der Waals surface area contributed by atoms with Gasteiger partial charge in [-0.15, -0.1) is 0 Å². The minimum absolute atomic E-state index is 0.506. The normalized spacial score (nSPS) is 19.8. The average Bonchev–Trinajstić information content (AvgIpc) is 2.42. The van der Waals surface area contributed by atoms with Gasteiger partial charge >= 0.3 is 0 Å². The molecule has 18 heavy (non-hydrogen) atoms. The first-order chi connectivity index (χ1) is 8.83. The van der Waals surface area contributed by atoms with Crippen molar-refractivity contribution in [2.75, 3.05) is 31.2 Å². The monoisotopic (exact) mass is 248 g/mol. The molecule has 0 aliphatic carbocycles. The molecule has 0 saturated carbocycles. The van der Waals surface area contributed by atoms with E-state index in [0.29, 0.717) is 6.04 Å². The van der Waals surface area contributed by atoms with Crippen molar-refractivity contribution < 1.29 is 4.74 Å². The summed E-state index contributed by atoms with van der Waals surface area (Å²) >= 11 is 0. The molecule has 100 valence electrons. The van der Waals surface area contributed by atoms with Crippen LogP contribution in [0.3, 0.4) is 0 Å². The molecule has 1 heterocycles. The lowest BCUT2D eigenvalue weighted by Gasteiger charge is -2.37. The Balaban J connectivity index is 2.15. The number of hydrogen-bond donors (Lipinski definition) is 1. The van der Waals surface area contributed by atoms with E-state index in [2.05, 4.69) is 36.1 Å². The molecule has 1 aromatic carbocycles. The van der Waals surface area contributed by atoms with Crippen LogP contribution in [0.5, 0.6) is 0 Å². The zero-order valence-corrected chi connectivity index (χ0v) is 11.3. The van der Waals surface area contributed by atoms with Crippen molar-refractivity contribution in [2.24, 2.45) is 5.73 Å². The molecule has 1 unspecified atom stereocenters. The number of rotatable bonds is 5. The molecule has 0 amide bonds. The van der Waals surface area contributed by atoms with Crippen molar-refractivity contribution >= 4 is 5.69 Å². The second-order valence-electron chi connectivity index (χ2n) is 4.99. The number of para-hydroxylation sites is 1. The van der Waals surface area contributed by atoms with Crippen LogP contribution in [0.2, 0.25) is 0 Å². The molecule has 2 rings (SSSR count).